The van der Waals surface area contributed by atoms with Crippen molar-refractivity contribution in [1.82, 2.24) is 14.5 Å². The first-order valence-corrected chi connectivity index (χ1v) is 9.34. The molecule has 29 heavy (non-hydrogen) atoms. The van der Waals surface area contributed by atoms with Crippen LogP contribution in [0.15, 0.2) is 38.3 Å². The summed E-state index contributed by atoms with van der Waals surface area (Å²) in [6.07, 6.45) is -0.0122. The number of hydrogen-bond acceptors (Lipinski definition) is 6. The predicted octanol–water partition coefficient (Wildman–Crippen LogP) is 2.14. The van der Waals surface area contributed by atoms with Crippen LogP contribution < -0.4 is 15.9 Å². The number of fused-ring (bicyclic) bond motifs is 2. The summed E-state index contributed by atoms with van der Waals surface area (Å²) < 4.78 is 12.4. The van der Waals surface area contributed by atoms with Gasteiger partial charge in [0.15, 0.2) is 0 Å². The number of ether oxygens (including phenoxy) is 1. The summed E-state index contributed by atoms with van der Waals surface area (Å²) in [5.41, 5.74) is 0.423. The number of hydrogen-bond donors (Lipinski definition) is 0. The van der Waals surface area contributed by atoms with Crippen LogP contribution in [0.1, 0.15) is 41.3 Å². The van der Waals surface area contributed by atoms with Crippen molar-refractivity contribution < 1.29 is 13.9 Å². The topological polar surface area (TPSA) is 94.6 Å². The molecule has 0 saturated carbocycles. The summed E-state index contributed by atoms with van der Waals surface area (Å²) in [6.45, 7) is 5.84. The fourth-order valence-electron chi connectivity index (χ4n) is 3.43. The fraction of sp³-hybridized carbons (Fsp3) is 0.333. The lowest BCUT2D eigenvalue weighted by Gasteiger charge is -2.14. The van der Waals surface area contributed by atoms with Gasteiger partial charge in [-0.25, -0.2) is 9.78 Å². The first-order chi connectivity index (χ1) is 13.7. The number of amides is 1. The van der Waals surface area contributed by atoms with Crippen LogP contribution in [0.2, 0.25) is 0 Å². The van der Waals surface area contributed by atoms with Crippen molar-refractivity contribution in [3.8, 4) is 5.75 Å². The van der Waals surface area contributed by atoms with Gasteiger partial charge in [0.1, 0.15) is 22.7 Å². The van der Waals surface area contributed by atoms with Crippen LogP contribution in [-0.4, -0.2) is 26.5 Å². The first-order valence-electron chi connectivity index (χ1n) is 9.34. The van der Waals surface area contributed by atoms with E-state index in [2.05, 4.69) is 4.98 Å². The van der Waals surface area contributed by atoms with Gasteiger partial charge < -0.3 is 14.1 Å². The largest absolute Gasteiger partial charge is 0.491 e. The number of nitrogens with zero attached hydrogens (tertiary/aromatic N) is 3. The Labute approximate surface area is 166 Å². The third-order valence-electron chi connectivity index (χ3n) is 4.98. The van der Waals surface area contributed by atoms with E-state index >= 15 is 0 Å². The van der Waals surface area contributed by atoms with E-state index in [4.69, 9.17) is 9.15 Å². The normalized spacial score (nSPS) is 13.2. The zero-order valence-corrected chi connectivity index (χ0v) is 16.7. The Kier molecular flexibility index (Phi) is 4.49. The van der Waals surface area contributed by atoms with Gasteiger partial charge in [0.05, 0.1) is 30.5 Å². The quantitative estimate of drug-likeness (QED) is 0.631. The summed E-state index contributed by atoms with van der Waals surface area (Å²) >= 11 is 0. The van der Waals surface area contributed by atoms with Gasteiger partial charge in [-0.05, 0) is 39.0 Å². The SMILES string of the molecule is Cc1nc2c(c(=O)n1C)CN(C(=O)c1cc3ccc(OC(C)C)cc3oc1=O)C2. The molecule has 1 amide bonds. The molecular weight excluding hydrogens is 374 g/mol. The van der Waals surface area contributed by atoms with Gasteiger partial charge in [0.2, 0.25) is 0 Å². The summed E-state index contributed by atoms with van der Waals surface area (Å²) in [5, 5.41) is 0.616. The monoisotopic (exact) mass is 395 g/mol. The maximum absolute atomic E-state index is 13.0. The fourth-order valence-corrected chi connectivity index (χ4v) is 3.43. The lowest BCUT2D eigenvalue weighted by Crippen LogP contribution is -2.30. The number of benzene rings is 1. The van der Waals surface area contributed by atoms with Gasteiger partial charge in [-0.3, -0.25) is 14.2 Å². The van der Waals surface area contributed by atoms with Crippen LogP contribution in [0.25, 0.3) is 11.0 Å². The molecule has 150 valence electrons. The molecule has 1 aliphatic rings. The summed E-state index contributed by atoms with van der Waals surface area (Å²) in [4.78, 5) is 43.7. The highest BCUT2D eigenvalue weighted by molar-refractivity contribution is 5.97. The molecule has 3 heterocycles. The zero-order chi connectivity index (χ0) is 20.9. The molecule has 2 aromatic heterocycles. The van der Waals surface area contributed by atoms with Crippen molar-refractivity contribution in [2.75, 3.05) is 0 Å². The summed E-state index contributed by atoms with van der Waals surface area (Å²) in [7, 11) is 1.64. The Morgan fingerprint density at radius 2 is 1.97 bits per heavy atom. The molecule has 8 nitrogen and oxygen atoms in total. The minimum absolute atomic E-state index is 0.0122. The maximum Gasteiger partial charge on any atom is 0.349 e. The molecule has 0 spiro atoms. The van der Waals surface area contributed by atoms with E-state index in [0.29, 0.717) is 33.8 Å². The second kappa shape index (κ2) is 6.88. The molecule has 0 N–H and O–H groups in total. The zero-order valence-electron chi connectivity index (χ0n) is 16.7. The minimum atomic E-state index is -0.725. The van der Waals surface area contributed by atoms with E-state index in [1.54, 1.807) is 32.2 Å². The standard InChI is InChI=1S/C21H21N3O5/c1-11(2)28-14-6-5-13-7-15(21(27)29-18(13)8-14)20(26)24-9-16-17(10-24)22-12(3)23(4)19(16)25/h5-8,11H,9-10H2,1-4H3. The van der Waals surface area contributed by atoms with Crippen molar-refractivity contribution in [3.63, 3.8) is 0 Å². The van der Waals surface area contributed by atoms with Gasteiger partial charge in [0, 0.05) is 18.5 Å². The van der Waals surface area contributed by atoms with Crippen LogP contribution >= 0.6 is 0 Å². The Hall–Kier alpha value is -3.42. The smallest absolute Gasteiger partial charge is 0.349 e. The van der Waals surface area contributed by atoms with Crippen LogP contribution in [0.5, 0.6) is 5.75 Å². The number of carbonyl (C=O) groups excluding carboxylic acids is 1. The molecule has 0 atom stereocenters. The molecule has 0 saturated heterocycles. The van der Waals surface area contributed by atoms with E-state index in [9.17, 15) is 14.4 Å². The summed E-state index contributed by atoms with van der Waals surface area (Å²) in [6, 6.07) is 6.65. The van der Waals surface area contributed by atoms with E-state index in [1.165, 1.54) is 15.5 Å². The number of aryl methyl sites for hydroxylation is 1. The lowest BCUT2D eigenvalue weighted by molar-refractivity contribution is 0.0746. The van der Waals surface area contributed by atoms with Gasteiger partial charge in [-0.1, -0.05) is 0 Å². The van der Waals surface area contributed by atoms with Gasteiger partial charge in [-0.2, -0.15) is 0 Å². The van der Waals surface area contributed by atoms with Gasteiger partial charge in [-0.15, -0.1) is 0 Å². The van der Waals surface area contributed by atoms with Crippen molar-refractivity contribution in [2.24, 2.45) is 7.05 Å². The molecule has 4 rings (SSSR count). The average molecular weight is 395 g/mol. The van der Waals surface area contributed by atoms with E-state index in [1.807, 2.05) is 13.8 Å². The van der Waals surface area contributed by atoms with Crippen LogP contribution in [0.4, 0.5) is 0 Å². The molecule has 8 heteroatoms. The third-order valence-corrected chi connectivity index (χ3v) is 4.98. The second-order valence-electron chi connectivity index (χ2n) is 7.42. The van der Waals surface area contributed by atoms with E-state index in [-0.39, 0.29) is 30.3 Å². The molecule has 1 aliphatic heterocycles. The van der Waals surface area contributed by atoms with Gasteiger partial charge >= 0.3 is 5.63 Å². The highest BCUT2D eigenvalue weighted by Gasteiger charge is 2.30. The highest BCUT2D eigenvalue weighted by Crippen LogP contribution is 2.24. The Bertz CT molecular complexity index is 1260. The lowest BCUT2D eigenvalue weighted by atomic mass is 10.1. The molecular formula is C21H21N3O5. The third kappa shape index (κ3) is 3.30. The summed E-state index contributed by atoms with van der Waals surface area (Å²) in [5.74, 6) is 0.676. The van der Waals surface area contributed by atoms with Crippen LogP contribution in [-0.2, 0) is 20.1 Å². The van der Waals surface area contributed by atoms with E-state index < -0.39 is 11.5 Å². The Balaban J connectivity index is 1.67. The Morgan fingerprint density at radius 3 is 2.69 bits per heavy atom. The molecule has 0 radical (unpaired) electrons. The maximum atomic E-state index is 13.0. The second-order valence-corrected chi connectivity index (χ2v) is 7.42. The predicted molar refractivity (Wildman–Crippen MR) is 106 cm³/mol. The van der Waals surface area contributed by atoms with Crippen molar-refractivity contribution >= 4 is 16.9 Å². The first kappa shape index (κ1) is 18.9. The van der Waals surface area contributed by atoms with Crippen LogP contribution in [0.3, 0.4) is 0 Å². The molecule has 3 aromatic rings. The van der Waals surface area contributed by atoms with Crippen LogP contribution in [0, 0.1) is 6.92 Å². The number of aromatic nitrogens is 2. The average Bonchev–Trinajstić information content (AvgIpc) is 3.08. The van der Waals surface area contributed by atoms with Crippen molar-refractivity contribution in [1.29, 1.82) is 0 Å². The minimum Gasteiger partial charge on any atom is -0.491 e. The highest BCUT2D eigenvalue weighted by atomic mass is 16.5. The van der Waals surface area contributed by atoms with E-state index in [0.717, 1.165) is 0 Å². The molecule has 0 aliphatic carbocycles. The van der Waals surface area contributed by atoms with Gasteiger partial charge in [0.25, 0.3) is 11.5 Å². The molecule has 1 aromatic carbocycles. The van der Waals surface area contributed by atoms with Crippen molar-refractivity contribution in [3.05, 3.63) is 67.7 Å². The number of carbonyl (C=O) groups is 1. The molecule has 0 fully saturated rings. The number of rotatable bonds is 3. The Morgan fingerprint density at radius 1 is 1.21 bits per heavy atom. The molecule has 0 bridgehead atoms. The van der Waals surface area contributed by atoms with Crippen molar-refractivity contribution in [2.45, 2.75) is 40.0 Å². The molecule has 0 unspecified atom stereocenters.